The van der Waals surface area contributed by atoms with Crippen LogP contribution < -0.4 is 5.73 Å². The van der Waals surface area contributed by atoms with E-state index in [0.717, 1.165) is 4.88 Å². The molecular weight excluding hydrogens is 186 g/mol. The number of aliphatic hydroxyl groups excluding tert-OH is 1. The number of hydrogen-bond acceptors (Lipinski definition) is 3. The van der Waals surface area contributed by atoms with Gasteiger partial charge in [0.1, 0.15) is 6.10 Å². The number of nitrogens with two attached hydrogens (primary N) is 1. The Morgan fingerprint density at radius 1 is 1.69 bits per heavy atom. The van der Waals surface area contributed by atoms with Crippen LogP contribution >= 0.6 is 11.3 Å². The molecule has 3 nitrogen and oxygen atoms in total. The smallest absolute Gasteiger partial charge is 0.226 e. The minimum absolute atomic E-state index is 0.492. The van der Waals surface area contributed by atoms with E-state index in [0.29, 0.717) is 0 Å². The maximum atomic E-state index is 11.0. The molecule has 0 spiro atoms. The molecule has 4 heteroatoms. The Labute approximate surface area is 81.2 Å². The summed E-state index contributed by atoms with van der Waals surface area (Å²) in [6.45, 7) is 3.28. The van der Waals surface area contributed by atoms with Crippen molar-refractivity contribution in [1.82, 2.24) is 0 Å². The van der Waals surface area contributed by atoms with Gasteiger partial charge < -0.3 is 10.8 Å². The van der Waals surface area contributed by atoms with Crippen LogP contribution in [0.3, 0.4) is 0 Å². The van der Waals surface area contributed by atoms with Gasteiger partial charge in [-0.25, -0.2) is 0 Å². The number of rotatable bonds is 3. The lowest BCUT2D eigenvalue weighted by Gasteiger charge is -2.25. The Morgan fingerprint density at radius 3 is 2.69 bits per heavy atom. The van der Waals surface area contributed by atoms with E-state index in [1.165, 1.54) is 11.3 Å². The van der Waals surface area contributed by atoms with E-state index in [1.54, 1.807) is 19.9 Å². The molecular formula is C9H13NO2S. The molecule has 0 bridgehead atoms. The zero-order valence-electron chi connectivity index (χ0n) is 7.65. The second-order valence-corrected chi connectivity index (χ2v) is 4.48. The van der Waals surface area contributed by atoms with Crippen LogP contribution in [0, 0.1) is 5.41 Å². The third kappa shape index (κ3) is 1.89. The van der Waals surface area contributed by atoms with Crippen LogP contribution in [0.15, 0.2) is 17.5 Å². The molecule has 1 aromatic rings. The summed E-state index contributed by atoms with van der Waals surface area (Å²) in [5.41, 5.74) is 4.27. The first kappa shape index (κ1) is 10.2. The highest BCUT2D eigenvalue weighted by molar-refractivity contribution is 7.10. The summed E-state index contributed by atoms with van der Waals surface area (Å²) in [6.07, 6.45) is -0.815. The van der Waals surface area contributed by atoms with Crippen LogP contribution in [0.1, 0.15) is 24.8 Å². The molecule has 0 radical (unpaired) electrons. The van der Waals surface area contributed by atoms with Crippen molar-refractivity contribution in [1.29, 1.82) is 0 Å². The third-order valence-corrected chi connectivity index (χ3v) is 3.06. The van der Waals surface area contributed by atoms with Gasteiger partial charge in [-0.05, 0) is 25.3 Å². The Bertz CT molecular complexity index is 293. The maximum absolute atomic E-state index is 11.0. The molecule has 72 valence electrons. The molecule has 0 aliphatic carbocycles. The summed E-state index contributed by atoms with van der Waals surface area (Å²) >= 11 is 1.42. The molecule has 0 aliphatic heterocycles. The number of hydrogen-bond donors (Lipinski definition) is 2. The largest absolute Gasteiger partial charge is 0.386 e. The van der Waals surface area contributed by atoms with Gasteiger partial charge in [0, 0.05) is 4.88 Å². The highest BCUT2D eigenvalue weighted by atomic mass is 32.1. The summed E-state index contributed by atoms with van der Waals surface area (Å²) in [5.74, 6) is -0.492. The van der Waals surface area contributed by atoms with E-state index >= 15 is 0 Å². The molecule has 1 aromatic heterocycles. The Balaban J connectivity index is 2.90. The molecule has 3 N–H and O–H groups in total. The fraction of sp³-hybridized carbons (Fsp3) is 0.444. The van der Waals surface area contributed by atoms with E-state index in [9.17, 15) is 9.90 Å². The number of carbonyl (C=O) groups is 1. The van der Waals surface area contributed by atoms with Gasteiger partial charge in [0.2, 0.25) is 5.91 Å². The second kappa shape index (κ2) is 3.47. The lowest BCUT2D eigenvalue weighted by Crippen LogP contribution is -2.36. The van der Waals surface area contributed by atoms with E-state index in [1.807, 2.05) is 11.4 Å². The first-order chi connectivity index (χ1) is 5.96. The Kier molecular flexibility index (Phi) is 2.73. The predicted octanol–water partition coefficient (Wildman–Crippen LogP) is 1.29. The fourth-order valence-corrected chi connectivity index (χ4v) is 1.83. The SMILES string of the molecule is CC(C)(C(N)=O)C(O)c1cccs1. The summed E-state index contributed by atoms with van der Waals surface area (Å²) in [5, 5.41) is 11.7. The molecule has 0 saturated carbocycles. The molecule has 1 unspecified atom stereocenters. The highest BCUT2D eigenvalue weighted by Crippen LogP contribution is 2.34. The van der Waals surface area contributed by atoms with Gasteiger partial charge in [0.05, 0.1) is 5.41 Å². The molecule has 0 fully saturated rings. The molecule has 1 atom stereocenters. The lowest BCUT2D eigenvalue weighted by molar-refractivity contribution is -0.132. The van der Waals surface area contributed by atoms with Crippen LogP contribution in [0.2, 0.25) is 0 Å². The fourth-order valence-electron chi connectivity index (χ4n) is 0.937. The summed E-state index contributed by atoms with van der Waals surface area (Å²) in [6, 6.07) is 3.63. The third-order valence-electron chi connectivity index (χ3n) is 2.13. The predicted molar refractivity (Wildman–Crippen MR) is 52.3 cm³/mol. The average Bonchev–Trinajstić information content (AvgIpc) is 2.54. The number of primary amides is 1. The van der Waals surface area contributed by atoms with Crippen molar-refractivity contribution in [2.75, 3.05) is 0 Å². The van der Waals surface area contributed by atoms with Crippen LogP contribution in [-0.4, -0.2) is 11.0 Å². The summed E-state index contributed by atoms with van der Waals surface area (Å²) < 4.78 is 0. The normalized spacial score (nSPS) is 14.1. The topological polar surface area (TPSA) is 63.3 Å². The molecule has 1 heterocycles. The van der Waals surface area contributed by atoms with Crippen LogP contribution in [0.5, 0.6) is 0 Å². The van der Waals surface area contributed by atoms with Gasteiger partial charge in [-0.2, -0.15) is 0 Å². The van der Waals surface area contributed by atoms with E-state index < -0.39 is 17.4 Å². The van der Waals surface area contributed by atoms with Gasteiger partial charge >= 0.3 is 0 Å². The van der Waals surface area contributed by atoms with Crippen molar-refractivity contribution >= 4 is 17.2 Å². The van der Waals surface area contributed by atoms with E-state index in [4.69, 9.17) is 5.73 Å². The van der Waals surface area contributed by atoms with Gasteiger partial charge in [-0.1, -0.05) is 6.07 Å². The van der Waals surface area contributed by atoms with E-state index in [2.05, 4.69) is 0 Å². The number of amides is 1. The molecule has 1 rings (SSSR count). The van der Waals surface area contributed by atoms with Gasteiger partial charge in [-0.3, -0.25) is 4.79 Å². The van der Waals surface area contributed by atoms with Crippen molar-refractivity contribution in [3.63, 3.8) is 0 Å². The second-order valence-electron chi connectivity index (χ2n) is 3.50. The van der Waals surface area contributed by atoms with Crippen molar-refractivity contribution in [3.8, 4) is 0 Å². The number of carbonyl (C=O) groups excluding carboxylic acids is 1. The van der Waals surface area contributed by atoms with Crippen molar-refractivity contribution in [2.24, 2.45) is 11.1 Å². The van der Waals surface area contributed by atoms with Crippen LogP contribution in [0.25, 0.3) is 0 Å². The van der Waals surface area contributed by atoms with Crippen molar-refractivity contribution in [3.05, 3.63) is 22.4 Å². The van der Waals surface area contributed by atoms with Crippen LogP contribution in [-0.2, 0) is 4.79 Å². The van der Waals surface area contributed by atoms with Crippen LogP contribution in [0.4, 0.5) is 0 Å². The van der Waals surface area contributed by atoms with Gasteiger partial charge in [0.15, 0.2) is 0 Å². The highest BCUT2D eigenvalue weighted by Gasteiger charge is 2.35. The standard InChI is InChI=1S/C9H13NO2S/c1-9(2,8(10)12)7(11)6-4-3-5-13-6/h3-5,7,11H,1-2H3,(H2,10,12). The number of aliphatic hydroxyl groups is 1. The lowest BCUT2D eigenvalue weighted by atomic mass is 9.85. The van der Waals surface area contributed by atoms with Crippen molar-refractivity contribution in [2.45, 2.75) is 20.0 Å². The zero-order chi connectivity index (χ0) is 10.1. The summed E-state index contributed by atoms with van der Waals surface area (Å²) in [4.78, 5) is 11.8. The molecule has 0 aromatic carbocycles. The Hall–Kier alpha value is -0.870. The Morgan fingerprint density at radius 2 is 2.31 bits per heavy atom. The minimum Gasteiger partial charge on any atom is -0.386 e. The van der Waals surface area contributed by atoms with Gasteiger partial charge in [-0.15, -0.1) is 11.3 Å². The molecule has 13 heavy (non-hydrogen) atoms. The van der Waals surface area contributed by atoms with E-state index in [-0.39, 0.29) is 0 Å². The number of thiophene rings is 1. The summed E-state index contributed by atoms with van der Waals surface area (Å²) in [7, 11) is 0. The first-order valence-corrected chi connectivity index (χ1v) is 4.85. The molecule has 1 amide bonds. The average molecular weight is 199 g/mol. The van der Waals surface area contributed by atoms with Gasteiger partial charge in [0.25, 0.3) is 0 Å². The molecule has 0 saturated heterocycles. The first-order valence-electron chi connectivity index (χ1n) is 3.97. The molecule has 0 aliphatic rings. The maximum Gasteiger partial charge on any atom is 0.226 e. The minimum atomic E-state index is -0.912. The quantitative estimate of drug-likeness (QED) is 0.770. The zero-order valence-corrected chi connectivity index (χ0v) is 8.47. The monoisotopic (exact) mass is 199 g/mol. The van der Waals surface area contributed by atoms with Crippen molar-refractivity contribution < 1.29 is 9.90 Å².